The number of carbonyl (C=O) groups excluding carboxylic acids is 1. The van der Waals surface area contributed by atoms with Gasteiger partial charge in [-0.25, -0.2) is 0 Å². The molecule has 0 fully saturated rings. The van der Waals surface area contributed by atoms with Crippen LogP contribution in [0.3, 0.4) is 0 Å². The first-order chi connectivity index (χ1) is 7.25. The van der Waals surface area contributed by atoms with Crippen LogP contribution in [0, 0.1) is 0 Å². The molecule has 0 radical (unpaired) electrons. The molecular formula is C11H11N3O. The van der Waals surface area contributed by atoms with Gasteiger partial charge < -0.3 is 0 Å². The molecule has 0 aliphatic heterocycles. The van der Waals surface area contributed by atoms with Gasteiger partial charge in [0.2, 0.25) is 0 Å². The van der Waals surface area contributed by atoms with Gasteiger partial charge in [-0.15, -0.1) is 0 Å². The average Bonchev–Trinajstić information content (AvgIpc) is 2.66. The van der Waals surface area contributed by atoms with Crippen LogP contribution in [0.4, 0.5) is 0 Å². The van der Waals surface area contributed by atoms with Crippen LogP contribution in [0.1, 0.15) is 16.1 Å². The van der Waals surface area contributed by atoms with Crippen LogP contribution >= 0.6 is 0 Å². The fourth-order valence-corrected chi connectivity index (χ4v) is 1.33. The van der Waals surface area contributed by atoms with E-state index in [1.807, 2.05) is 18.2 Å². The summed E-state index contributed by atoms with van der Waals surface area (Å²) in [5.74, 6) is 0.0433. The van der Waals surface area contributed by atoms with E-state index in [9.17, 15) is 4.79 Å². The Hall–Kier alpha value is -1.97. The molecule has 0 unspecified atom stereocenters. The Balaban J connectivity index is 2.11. The molecule has 2 aromatic heterocycles. The van der Waals surface area contributed by atoms with Crippen molar-refractivity contribution in [3.63, 3.8) is 0 Å². The van der Waals surface area contributed by atoms with E-state index in [2.05, 4.69) is 10.1 Å². The van der Waals surface area contributed by atoms with Crippen LogP contribution in [0.25, 0.3) is 0 Å². The van der Waals surface area contributed by atoms with E-state index in [0.29, 0.717) is 12.0 Å². The number of rotatable bonds is 3. The fourth-order valence-electron chi connectivity index (χ4n) is 1.33. The van der Waals surface area contributed by atoms with E-state index in [1.54, 1.807) is 30.3 Å². The van der Waals surface area contributed by atoms with Crippen molar-refractivity contribution in [2.45, 2.75) is 6.42 Å². The molecular weight excluding hydrogens is 190 g/mol. The molecule has 0 aromatic carbocycles. The normalized spacial score (nSPS) is 10.2. The van der Waals surface area contributed by atoms with Gasteiger partial charge in [0.05, 0.1) is 18.2 Å². The van der Waals surface area contributed by atoms with E-state index in [0.717, 1.165) is 5.69 Å². The Morgan fingerprint density at radius 1 is 1.47 bits per heavy atom. The monoisotopic (exact) mass is 201 g/mol. The maximum absolute atomic E-state index is 11.7. The second-order valence-corrected chi connectivity index (χ2v) is 3.32. The zero-order chi connectivity index (χ0) is 10.7. The minimum atomic E-state index is 0.0433. The van der Waals surface area contributed by atoms with Crippen LogP contribution in [-0.2, 0) is 13.5 Å². The Morgan fingerprint density at radius 2 is 2.33 bits per heavy atom. The summed E-state index contributed by atoms with van der Waals surface area (Å²) in [5, 5.41) is 3.95. The minimum absolute atomic E-state index is 0.0433. The van der Waals surface area contributed by atoms with Crippen molar-refractivity contribution in [2.75, 3.05) is 0 Å². The average molecular weight is 201 g/mol. The highest BCUT2D eigenvalue weighted by molar-refractivity contribution is 5.96. The predicted molar refractivity (Wildman–Crippen MR) is 55.5 cm³/mol. The number of Topliss-reactive ketones (excluding diaryl/α,β-unsaturated/α-hetero) is 1. The molecule has 76 valence electrons. The lowest BCUT2D eigenvalue weighted by Gasteiger charge is -1.96. The molecule has 2 heterocycles. The smallest absolute Gasteiger partial charge is 0.171 e. The summed E-state index contributed by atoms with van der Waals surface area (Å²) >= 11 is 0. The van der Waals surface area contributed by atoms with Crippen LogP contribution in [0.15, 0.2) is 36.8 Å². The van der Waals surface area contributed by atoms with Crippen LogP contribution < -0.4 is 0 Å². The first kappa shape index (κ1) is 9.58. The highest BCUT2D eigenvalue weighted by Gasteiger charge is 2.09. The number of hydrogen-bond donors (Lipinski definition) is 0. The van der Waals surface area contributed by atoms with E-state index in [1.165, 1.54) is 0 Å². The first-order valence-corrected chi connectivity index (χ1v) is 4.67. The van der Waals surface area contributed by atoms with Crippen LogP contribution in [0.2, 0.25) is 0 Å². The fraction of sp³-hybridized carbons (Fsp3) is 0.182. The maximum Gasteiger partial charge on any atom is 0.171 e. The van der Waals surface area contributed by atoms with E-state index < -0.39 is 0 Å². The molecule has 15 heavy (non-hydrogen) atoms. The van der Waals surface area contributed by atoms with E-state index in [4.69, 9.17) is 0 Å². The third-order valence-corrected chi connectivity index (χ3v) is 2.09. The summed E-state index contributed by atoms with van der Waals surface area (Å²) in [6, 6.07) is 5.55. The second-order valence-electron chi connectivity index (χ2n) is 3.32. The van der Waals surface area contributed by atoms with Crippen molar-refractivity contribution in [3.05, 3.63) is 48.0 Å². The van der Waals surface area contributed by atoms with Gasteiger partial charge in [-0.05, 0) is 12.1 Å². The lowest BCUT2D eigenvalue weighted by Crippen LogP contribution is -2.03. The molecule has 0 aliphatic rings. The van der Waals surface area contributed by atoms with Crippen molar-refractivity contribution in [1.29, 1.82) is 0 Å². The highest BCUT2D eigenvalue weighted by Crippen LogP contribution is 2.03. The maximum atomic E-state index is 11.7. The Morgan fingerprint density at radius 3 is 2.93 bits per heavy atom. The zero-order valence-electron chi connectivity index (χ0n) is 8.42. The van der Waals surface area contributed by atoms with Gasteiger partial charge >= 0.3 is 0 Å². The van der Waals surface area contributed by atoms with Gasteiger partial charge in [-0.1, -0.05) is 6.07 Å². The van der Waals surface area contributed by atoms with Crippen LogP contribution in [0.5, 0.6) is 0 Å². The molecule has 0 aliphatic carbocycles. The Labute approximate surface area is 87.6 Å². The van der Waals surface area contributed by atoms with Crippen molar-refractivity contribution in [3.8, 4) is 0 Å². The summed E-state index contributed by atoms with van der Waals surface area (Å²) < 4.78 is 1.62. The second kappa shape index (κ2) is 4.04. The largest absolute Gasteiger partial charge is 0.294 e. The number of nitrogens with zero attached hydrogens (tertiary/aromatic N) is 3. The highest BCUT2D eigenvalue weighted by atomic mass is 16.1. The SMILES string of the molecule is Cn1cc(C(=O)Cc2ccccn2)cn1. The zero-order valence-corrected chi connectivity index (χ0v) is 8.42. The molecule has 0 atom stereocenters. The van der Waals surface area contributed by atoms with Gasteiger partial charge in [0.25, 0.3) is 0 Å². The van der Waals surface area contributed by atoms with Gasteiger partial charge in [0, 0.05) is 25.1 Å². The lowest BCUT2D eigenvalue weighted by atomic mass is 10.1. The standard InChI is InChI=1S/C11H11N3O/c1-14-8-9(7-13-14)11(15)6-10-4-2-3-5-12-10/h2-5,7-8H,6H2,1H3. The number of carbonyl (C=O) groups is 1. The number of hydrogen-bond acceptors (Lipinski definition) is 3. The van der Waals surface area contributed by atoms with Crippen molar-refractivity contribution in [1.82, 2.24) is 14.8 Å². The molecule has 0 saturated carbocycles. The Kier molecular flexibility index (Phi) is 2.58. The molecule has 2 rings (SSSR count). The molecule has 0 spiro atoms. The molecule has 2 aromatic rings. The summed E-state index contributed by atoms with van der Waals surface area (Å²) in [7, 11) is 1.79. The van der Waals surface area contributed by atoms with Gasteiger partial charge in [0.1, 0.15) is 0 Å². The number of ketones is 1. The van der Waals surface area contributed by atoms with Crippen molar-refractivity contribution >= 4 is 5.78 Å². The predicted octanol–water partition coefficient (Wildman–Crippen LogP) is 1.24. The topological polar surface area (TPSA) is 47.8 Å². The molecule has 0 bridgehead atoms. The summed E-state index contributed by atoms with van der Waals surface area (Å²) in [4.78, 5) is 15.8. The number of pyridine rings is 1. The number of aromatic nitrogens is 3. The van der Waals surface area contributed by atoms with Gasteiger partial charge in [-0.3, -0.25) is 14.5 Å². The minimum Gasteiger partial charge on any atom is -0.294 e. The van der Waals surface area contributed by atoms with Gasteiger partial charge in [-0.2, -0.15) is 5.10 Å². The molecule has 4 nitrogen and oxygen atoms in total. The van der Waals surface area contributed by atoms with Crippen LogP contribution in [-0.4, -0.2) is 20.5 Å². The third kappa shape index (κ3) is 2.28. The number of aryl methyl sites for hydroxylation is 1. The lowest BCUT2D eigenvalue weighted by molar-refractivity contribution is 0.0992. The van der Waals surface area contributed by atoms with Crippen molar-refractivity contribution in [2.24, 2.45) is 7.05 Å². The first-order valence-electron chi connectivity index (χ1n) is 4.67. The molecule has 0 saturated heterocycles. The summed E-state index contributed by atoms with van der Waals surface area (Å²) in [6.45, 7) is 0. The molecule has 0 amide bonds. The third-order valence-electron chi connectivity index (χ3n) is 2.09. The van der Waals surface area contributed by atoms with E-state index >= 15 is 0 Å². The summed E-state index contributed by atoms with van der Waals surface area (Å²) in [5.41, 5.74) is 1.41. The Bertz CT molecular complexity index is 462. The quantitative estimate of drug-likeness (QED) is 0.702. The van der Waals surface area contributed by atoms with Crippen molar-refractivity contribution < 1.29 is 4.79 Å². The molecule has 0 N–H and O–H groups in total. The molecule has 4 heteroatoms. The summed E-state index contributed by atoms with van der Waals surface area (Å²) in [6.07, 6.45) is 5.30. The van der Waals surface area contributed by atoms with Gasteiger partial charge in [0.15, 0.2) is 5.78 Å². The van der Waals surface area contributed by atoms with E-state index in [-0.39, 0.29) is 5.78 Å².